The van der Waals surface area contributed by atoms with Gasteiger partial charge in [-0.1, -0.05) is 0 Å². The number of anilines is 1. The predicted molar refractivity (Wildman–Crippen MR) is 83.6 cm³/mol. The van der Waals surface area contributed by atoms with Gasteiger partial charge in [0.15, 0.2) is 4.96 Å². The molecule has 7 heteroatoms. The number of imidazole rings is 1. The number of nitrogens with one attached hydrogen (secondary N) is 1. The average molecular weight is 353 g/mol. The molecule has 0 aliphatic heterocycles. The fourth-order valence-electron chi connectivity index (χ4n) is 1.98. The van der Waals surface area contributed by atoms with E-state index in [9.17, 15) is 0 Å². The Hall–Kier alpha value is -1.60. The minimum Gasteiger partial charge on any atom is -0.480 e. The van der Waals surface area contributed by atoms with Crippen molar-refractivity contribution in [3.63, 3.8) is 0 Å². The number of halogens is 1. The Morgan fingerprint density at radius 1 is 1.50 bits per heavy atom. The van der Waals surface area contributed by atoms with Crippen molar-refractivity contribution in [1.29, 1.82) is 0 Å². The Bertz CT molecular complexity index is 752. The van der Waals surface area contributed by atoms with Crippen molar-refractivity contribution >= 4 is 37.9 Å². The first kappa shape index (κ1) is 13.4. The van der Waals surface area contributed by atoms with Crippen LogP contribution in [-0.2, 0) is 6.54 Å². The second-order valence-electron chi connectivity index (χ2n) is 4.31. The van der Waals surface area contributed by atoms with E-state index >= 15 is 0 Å². The Morgan fingerprint density at radius 3 is 3.10 bits per heavy atom. The van der Waals surface area contributed by atoms with Gasteiger partial charge >= 0.3 is 0 Å². The molecule has 0 fully saturated rings. The van der Waals surface area contributed by atoms with E-state index in [0.29, 0.717) is 12.4 Å². The van der Waals surface area contributed by atoms with Crippen molar-refractivity contribution in [2.75, 3.05) is 12.4 Å². The van der Waals surface area contributed by atoms with Crippen molar-refractivity contribution < 1.29 is 4.74 Å². The second-order valence-corrected chi connectivity index (χ2v) is 5.93. The van der Waals surface area contributed by atoms with Crippen LogP contribution < -0.4 is 10.1 Å². The topological polar surface area (TPSA) is 51.5 Å². The van der Waals surface area contributed by atoms with Gasteiger partial charge in [-0.2, -0.15) is 4.98 Å². The summed E-state index contributed by atoms with van der Waals surface area (Å²) in [6, 6.07) is 2.05. The van der Waals surface area contributed by atoms with Crippen LogP contribution in [-0.4, -0.2) is 21.5 Å². The number of pyridine rings is 1. The van der Waals surface area contributed by atoms with Gasteiger partial charge in [-0.25, -0.2) is 4.98 Å². The molecule has 0 saturated heterocycles. The lowest BCUT2D eigenvalue weighted by Gasteiger charge is -2.08. The third-order valence-electron chi connectivity index (χ3n) is 2.99. The number of aryl methyl sites for hydroxylation is 1. The number of hydrogen-bond acceptors (Lipinski definition) is 5. The van der Waals surface area contributed by atoms with Gasteiger partial charge in [0.25, 0.3) is 0 Å². The molecule has 3 heterocycles. The minimum atomic E-state index is 0.629. The van der Waals surface area contributed by atoms with Gasteiger partial charge < -0.3 is 10.1 Å². The van der Waals surface area contributed by atoms with Gasteiger partial charge in [0.1, 0.15) is 10.3 Å². The molecule has 3 rings (SSSR count). The fourth-order valence-corrected chi connectivity index (χ4v) is 2.92. The first-order chi connectivity index (χ1) is 9.69. The molecule has 0 aromatic carbocycles. The van der Waals surface area contributed by atoms with Gasteiger partial charge in [-0.3, -0.25) is 4.40 Å². The van der Waals surface area contributed by atoms with Crippen molar-refractivity contribution in [2.45, 2.75) is 13.5 Å². The van der Waals surface area contributed by atoms with Gasteiger partial charge in [0, 0.05) is 11.6 Å². The maximum atomic E-state index is 5.33. The first-order valence-electron chi connectivity index (χ1n) is 6.03. The average Bonchev–Trinajstić information content (AvgIpc) is 3.00. The zero-order chi connectivity index (χ0) is 14.1. The predicted octanol–water partition coefficient (Wildman–Crippen LogP) is 3.48. The van der Waals surface area contributed by atoms with E-state index in [2.05, 4.69) is 37.3 Å². The van der Waals surface area contributed by atoms with Crippen LogP contribution in [0, 0.1) is 6.92 Å². The van der Waals surface area contributed by atoms with Crippen LogP contribution in [0.15, 0.2) is 28.4 Å². The van der Waals surface area contributed by atoms with Gasteiger partial charge in [-0.05, 0) is 34.5 Å². The van der Waals surface area contributed by atoms with Crippen molar-refractivity contribution in [3.05, 3.63) is 39.7 Å². The molecule has 0 saturated carbocycles. The number of thiazole rings is 1. The summed E-state index contributed by atoms with van der Waals surface area (Å²) < 4.78 is 8.23. The quantitative estimate of drug-likeness (QED) is 0.730. The number of fused-ring (bicyclic) bond motifs is 1. The lowest BCUT2D eigenvalue weighted by Crippen LogP contribution is -2.04. The Morgan fingerprint density at radius 2 is 2.35 bits per heavy atom. The third kappa shape index (κ3) is 2.38. The molecular formula is C13H13BrN4OS. The molecule has 104 valence electrons. The van der Waals surface area contributed by atoms with Crippen LogP contribution in [0.25, 0.3) is 4.96 Å². The Balaban J connectivity index is 1.85. The summed E-state index contributed by atoms with van der Waals surface area (Å²) in [5.41, 5.74) is 3.07. The van der Waals surface area contributed by atoms with E-state index in [1.54, 1.807) is 24.6 Å². The standard InChI is InChI=1S/C13H13BrN4OS/c1-8-5-9(6-16-11(8)14)15-7-10-12(19-2)17-13-18(10)3-4-20-13/h3-6,15H,7H2,1-2H3. The molecule has 0 aliphatic rings. The number of hydrogen-bond donors (Lipinski definition) is 1. The van der Waals surface area contributed by atoms with Crippen LogP contribution >= 0.6 is 27.3 Å². The summed E-state index contributed by atoms with van der Waals surface area (Å²) >= 11 is 4.99. The molecular weight excluding hydrogens is 340 g/mol. The van der Waals surface area contributed by atoms with E-state index in [1.165, 1.54) is 0 Å². The van der Waals surface area contributed by atoms with Crippen molar-refractivity contribution in [3.8, 4) is 5.88 Å². The molecule has 0 radical (unpaired) electrons. The third-order valence-corrected chi connectivity index (χ3v) is 4.58. The van der Waals surface area contributed by atoms with E-state index in [4.69, 9.17) is 4.74 Å². The highest BCUT2D eigenvalue weighted by Crippen LogP contribution is 2.24. The molecule has 0 spiro atoms. The number of rotatable bonds is 4. The van der Waals surface area contributed by atoms with E-state index in [0.717, 1.165) is 26.5 Å². The van der Waals surface area contributed by atoms with E-state index < -0.39 is 0 Å². The van der Waals surface area contributed by atoms with Crippen LogP contribution in [0.2, 0.25) is 0 Å². The SMILES string of the molecule is COc1nc2sccn2c1CNc1cnc(Br)c(C)c1. The molecule has 0 amide bonds. The second kappa shape index (κ2) is 5.41. The zero-order valence-electron chi connectivity index (χ0n) is 11.1. The summed E-state index contributed by atoms with van der Waals surface area (Å²) in [6.07, 6.45) is 3.80. The highest BCUT2D eigenvalue weighted by Gasteiger charge is 2.13. The zero-order valence-corrected chi connectivity index (χ0v) is 13.5. The Kier molecular flexibility index (Phi) is 3.62. The van der Waals surface area contributed by atoms with Crippen molar-refractivity contribution in [1.82, 2.24) is 14.4 Å². The van der Waals surface area contributed by atoms with Crippen LogP contribution in [0.5, 0.6) is 5.88 Å². The summed E-state index contributed by atoms with van der Waals surface area (Å²) in [4.78, 5) is 9.64. The highest BCUT2D eigenvalue weighted by atomic mass is 79.9. The van der Waals surface area contributed by atoms with Crippen molar-refractivity contribution in [2.24, 2.45) is 0 Å². The van der Waals surface area contributed by atoms with Crippen LogP contribution in [0.4, 0.5) is 5.69 Å². The summed E-state index contributed by atoms with van der Waals surface area (Å²) in [5.74, 6) is 0.658. The molecule has 3 aromatic heterocycles. The summed E-state index contributed by atoms with van der Waals surface area (Å²) in [6.45, 7) is 2.64. The maximum absolute atomic E-state index is 5.33. The monoisotopic (exact) mass is 352 g/mol. The molecule has 0 bridgehead atoms. The molecule has 0 unspecified atom stereocenters. The molecule has 20 heavy (non-hydrogen) atoms. The maximum Gasteiger partial charge on any atom is 0.238 e. The molecule has 3 aromatic rings. The Labute approximate surface area is 128 Å². The lowest BCUT2D eigenvalue weighted by atomic mass is 10.3. The highest BCUT2D eigenvalue weighted by molar-refractivity contribution is 9.10. The number of aromatic nitrogens is 3. The number of methoxy groups -OCH3 is 1. The normalized spacial score (nSPS) is 10.9. The summed E-state index contributed by atoms with van der Waals surface area (Å²) in [7, 11) is 1.64. The number of ether oxygens (including phenoxy) is 1. The smallest absolute Gasteiger partial charge is 0.238 e. The molecule has 1 N–H and O–H groups in total. The van der Waals surface area contributed by atoms with E-state index in [1.807, 2.05) is 22.9 Å². The fraction of sp³-hybridized carbons (Fsp3) is 0.231. The lowest BCUT2D eigenvalue weighted by molar-refractivity contribution is 0.395. The van der Waals surface area contributed by atoms with E-state index in [-0.39, 0.29) is 0 Å². The van der Waals surface area contributed by atoms with Crippen LogP contribution in [0.3, 0.4) is 0 Å². The minimum absolute atomic E-state index is 0.629. The first-order valence-corrected chi connectivity index (χ1v) is 7.70. The van der Waals surface area contributed by atoms with Gasteiger partial charge in [-0.15, -0.1) is 11.3 Å². The van der Waals surface area contributed by atoms with Crippen LogP contribution in [0.1, 0.15) is 11.3 Å². The molecule has 0 aliphatic carbocycles. The molecule has 0 atom stereocenters. The molecule has 5 nitrogen and oxygen atoms in total. The number of nitrogens with zero attached hydrogens (tertiary/aromatic N) is 3. The van der Waals surface area contributed by atoms with Gasteiger partial charge in [0.2, 0.25) is 5.88 Å². The van der Waals surface area contributed by atoms with Gasteiger partial charge in [0.05, 0.1) is 25.5 Å². The largest absolute Gasteiger partial charge is 0.480 e. The summed E-state index contributed by atoms with van der Waals surface area (Å²) in [5, 5.41) is 5.36.